The molecule has 2 atom stereocenters. The highest BCUT2D eigenvalue weighted by molar-refractivity contribution is 9.10. The molecular weight excluding hydrogens is 424 g/mol. The van der Waals surface area contributed by atoms with E-state index < -0.39 is 5.92 Å². The second kappa shape index (κ2) is 8.68. The summed E-state index contributed by atoms with van der Waals surface area (Å²) in [5.41, 5.74) is 1.12. The lowest BCUT2D eigenvalue weighted by Gasteiger charge is -2.29. The molecule has 2 N–H and O–H groups in total. The van der Waals surface area contributed by atoms with Crippen molar-refractivity contribution in [3.05, 3.63) is 46.2 Å². The van der Waals surface area contributed by atoms with Gasteiger partial charge in [0, 0.05) is 42.2 Å². The lowest BCUT2D eigenvalue weighted by Crippen LogP contribution is -2.36. The maximum Gasteiger partial charge on any atom is 0.273 e. The molecule has 0 bridgehead atoms. The van der Waals surface area contributed by atoms with Gasteiger partial charge in [0.05, 0.1) is 5.69 Å². The van der Waals surface area contributed by atoms with E-state index in [9.17, 15) is 14.4 Å². The van der Waals surface area contributed by atoms with Crippen molar-refractivity contribution in [3.8, 4) is 0 Å². The smallest absolute Gasteiger partial charge is 0.273 e. The standard InChI is InChI=1S/C20H23BrN4O3/c1-22-20(28)17-16(11-25(2)24-17)23-19(27)15-6-4-3-5-14(15)18(26)12-7-9-13(21)10-8-12/h7-11,14-15H,3-6H2,1-2H3,(H,22,28)(H,23,27)/t14-,15-/m1/s1. The summed E-state index contributed by atoms with van der Waals surface area (Å²) < 4.78 is 2.38. The van der Waals surface area contributed by atoms with Gasteiger partial charge in [0.15, 0.2) is 11.5 Å². The van der Waals surface area contributed by atoms with E-state index in [1.54, 1.807) is 25.4 Å². The number of ketones is 1. The van der Waals surface area contributed by atoms with Gasteiger partial charge in [-0.1, -0.05) is 40.9 Å². The average Bonchev–Trinajstić information content (AvgIpc) is 3.07. The Balaban J connectivity index is 1.80. The minimum Gasteiger partial charge on any atom is -0.354 e. The Morgan fingerprint density at radius 1 is 1.11 bits per heavy atom. The van der Waals surface area contributed by atoms with E-state index in [4.69, 9.17) is 0 Å². The molecule has 148 valence electrons. The number of nitrogens with one attached hydrogen (secondary N) is 2. The van der Waals surface area contributed by atoms with Crippen molar-refractivity contribution in [1.82, 2.24) is 15.1 Å². The molecule has 8 heteroatoms. The number of anilines is 1. The van der Waals surface area contributed by atoms with E-state index in [-0.39, 0.29) is 29.2 Å². The van der Waals surface area contributed by atoms with Gasteiger partial charge in [-0.2, -0.15) is 5.10 Å². The molecule has 1 aliphatic carbocycles. The molecule has 1 fully saturated rings. The van der Waals surface area contributed by atoms with Gasteiger partial charge in [-0.15, -0.1) is 0 Å². The van der Waals surface area contributed by atoms with E-state index >= 15 is 0 Å². The van der Waals surface area contributed by atoms with Gasteiger partial charge in [-0.3, -0.25) is 19.1 Å². The van der Waals surface area contributed by atoms with Crippen molar-refractivity contribution in [2.75, 3.05) is 12.4 Å². The highest BCUT2D eigenvalue weighted by Gasteiger charge is 2.36. The first-order valence-electron chi connectivity index (χ1n) is 9.27. The van der Waals surface area contributed by atoms with Gasteiger partial charge >= 0.3 is 0 Å². The molecule has 0 aliphatic heterocycles. The second-order valence-corrected chi connectivity index (χ2v) is 7.92. The summed E-state index contributed by atoms with van der Waals surface area (Å²) in [6.07, 6.45) is 4.75. The molecule has 0 saturated heterocycles. The Hall–Kier alpha value is -2.48. The zero-order chi connectivity index (χ0) is 20.3. The fraction of sp³-hybridized carbons (Fsp3) is 0.400. The molecule has 1 saturated carbocycles. The summed E-state index contributed by atoms with van der Waals surface area (Å²) in [6.45, 7) is 0. The molecule has 1 heterocycles. The van der Waals surface area contributed by atoms with Gasteiger partial charge in [-0.05, 0) is 25.0 Å². The summed E-state index contributed by atoms with van der Waals surface area (Å²) in [5, 5.41) is 9.44. The van der Waals surface area contributed by atoms with Crippen LogP contribution in [-0.2, 0) is 11.8 Å². The third-order valence-electron chi connectivity index (χ3n) is 5.10. The van der Waals surface area contributed by atoms with Crippen LogP contribution < -0.4 is 10.6 Å². The molecule has 28 heavy (non-hydrogen) atoms. The molecule has 2 aromatic rings. The molecule has 1 aromatic heterocycles. The van der Waals surface area contributed by atoms with Crippen LogP contribution in [0.4, 0.5) is 5.69 Å². The number of aryl methyl sites for hydroxylation is 1. The van der Waals surface area contributed by atoms with Crippen molar-refractivity contribution >= 4 is 39.2 Å². The number of carbonyl (C=O) groups excluding carboxylic acids is 3. The Morgan fingerprint density at radius 2 is 1.75 bits per heavy atom. The van der Waals surface area contributed by atoms with Crippen molar-refractivity contribution < 1.29 is 14.4 Å². The van der Waals surface area contributed by atoms with E-state index in [1.807, 2.05) is 12.1 Å². The predicted molar refractivity (Wildman–Crippen MR) is 109 cm³/mol. The van der Waals surface area contributed by atoms with E-state index in [0.29, 0.717) is 24.1 Å². The molecule has 0 spiro atoms. The zero-order valence-electron chi connectivity index (χ0n) is 15.9. The van der Waals surface area contributed by atoms with Crippen LogP contribution in [0, 0.1) is 11.8 Å². The molecule has 1 aliphatic rings. The van der Waals surface area contributed by atoms with Gasteiger partial charge in [0.25, 0.3) is 5.91 Å². The summed E-state index contributed by atoms with van der Waals surface area (Å²) in [6, 6.07) is 7.22. The normalized spacial score (nSPS) is 19.1. The SMILES string of the molecule is CNC(=O)c1nn(C)cc1NC(=O)[C@@H]1CCCC[C@H]1C(=O)c1ccc(Br)cc1. The highest BCUT2D eigenvalue weighted by Crippen LogP contribution is 2.34. The number of amides is 2. The average molecular weight is 447 g/mol. The monoisotopic (exact) mass is 446 g/mol. The van der Waals surface area contributed by atoms with Crippen LogP contribution in [0.25, 0.3) is 0 Å². The largest absolute Gasteiger partial charge is 0.354 e. The predicted octanol–water partition coefficient (Wildman–Crippen LogP) is 3.17. The number of hydrogen-bond acceptors (Lipinski definition) is 4. The van der Waals surface area contributed by atoms with Crippen LogP contribution >= 0.6 is 15.9 Å². The fourth-order valence-electron chi connectivity index (χ4n) is 3.68. The third kappa shape index (κ3) is 4.32. The lowest BCUT2D eigenvalue weighted by atomic mass is 9.75. The first-order chi connectivity index (χ1) is 13.4. The number of halogens is 1. The second-order valence-electron chi connectivity index (χ2n) is 7.00. The number of rotatable bonds is 5. The first kappa shape index (κ1) is 20.3. The molecule has 3 rings (SSSR count). The molecular formula is C20H23BrN4O3. The lowest BCUT2D eigenvalue weighted by molar-refractivity contribution is -0.121. The van der Waals surface area contributed by atoms with Crippen LogP contribution in [-0.4, -0.2) is 34.4 Å². The topological polar surface area (TPSA) is 93.1 Å². The van der Waals surface area contributed by atoms with Crippen molar-refractivity contribution in [1.29, 1.82) is 0 Å². The Labute approximate surface area is 172 Å². The Bertz CT molecular complexity index is 891. The third-order valence-corrected chi connectivity index (χ3v) is 5.63. The molecule has 7 nitrogen and oxygen atoms in total. The quantitative estimate of drug-likeness (QED) is 0.689. The number of benzene rings is 1. The first-order valence-corrected chi connectivity index (χ1v) is 10.1. The maximum absolute atomic E-state index is 13.0. The van der Waals surface area contributed by atoms with Gasteiger partial charge in [-0.25, -0.2) is 0 Å². The number of hydrogen-bond donors (Lipinski definition) is 2. The van der Waals surface area contributed by atoms with Crippen LogP contribution in [0.1, 0.15) is 46.5 Å². The van der Waals surface area contributed by atoms with Gasteiger partial charge in [0.1, 0.15) is 0 Å². The van der Waals surface area contributed by atoms with E-state index in [1.165, 1.54) is 11.7 Å². The minimum atomic E-state index is -0.428. The van der Waals surface area contributed by atoms with Crippen molar-refractivity contribution in [2.24, 2.45) is 18.9 Å². The number of aromatic nitrogens is 2. The van der Waals surface area contributed by atoms with Gasteiger partial charge in [0.2, 0.25) is 5.91 Å². The summed E-state index contributed by atoms with van der Waals surface area (Å²) in [7, 11) is 3.19. The van der Waals surface area contributed by atoms with Crippen LogP contribution in [0.15, 0.2) is 34.9 Å². The number of nitrogens with zero attached hydrogens (tertiary/aromatic N) is 2. The molecule has 0 radical (unpaired) electrons. The molecule has 0 unspecified atom stereocenters. The van der Waals surface area contributed by atoms with Crippen LogP contribution in [0.5, 0.6) is 0 Å². The Kier molecular flexibility index (Phi) is 6.28. The van der Waals surface area contributed by atoms with Gasteiger partial charge < -0.3 is 10.6 Å². The highest BCUT2D eigenvalue weighted by atomic mass is 79.9. The van der Waals surface area contributed by atoms with Crippen molar-refractivity contribution in [2.45, 2.75) is 25.7 Å². The summed E-state index contributed by atoms with van der Waals surface area (Å²) >= 11 is 3.37. The fourth-order valence-corrected chi connectivity index (χ4v) is 3.94. The van der Waals surface area contributed by atoms with Crippen LogP contribution in [0.2, 0.25) is 0 Å². The summed E-state index contributed by atoms with van der Waals surface area (Å²) in [5.74, 6) is -1.42. The van der Waals surface area contributed by atoms with Crippen LogP contribution in [0.3, 0.4) is 0 Å². The number of carbonyl (C=O) groups is 3. The molecule has 1 aromatic carbocycles. The zero-order valence-corrected chi connectivity index (χ0v) is 17.5. The Morgan fingerprint density at radius 3 is 2.39 bits per heavy atom. The summed E-state index contributed by atoms with van der Waals surface area (Å²) in [4.78, 5) is 38.0. The van der Waals surface area contributed by atoms with E-state index in [2.05, 4.69) is 31.7 Å². The minimum absolute atomic E-state index is 0.00920. The molecule has 2 amide bonds. The maximum atomic E-state index is 13.0. The van der Waals surface area contributed by atoms with Crippen molar-refractivity contribution in [3.63, 3.8) is 0 Å². The van der Waals surface area contributed by atoms with E-state index in [0.717, 1.165) is 17.3 Å². The number of Topliss-reactive ketones (excluding diaryl/α,β-unsaturated/α-hetero) is 1.